The molecule has 0 heterocycles. The van der Waals surface area contributed by atoms with E-state index in [0.29, 0.717) is 6.61 Å². The lowest BCUT2D eigenvalue weighted by molar-refractivity contribution is -0.162. The first kappa shape index (κ1) is 13.7. The van der Waals surface area contributed by atoms with Gasteiger partial charge in [-0.25, -0.2) is 4.79 Å². The van der Waals surface area contributed by atoms with E-state index in [4.69, 9.17) is 9.47 Å². The SMILES string of the molecule is CCOC(=O)C(O)[C@H](OCC)c1ccccc1. The molecule has 0 fully saturated rings. The minimum Gasteiger partial charge on any atom is -0.464 e. The molecular weight excluding hydrogens is 220 g/mol. The zero-order valence-electron chi connectivity index (χ0n) is 10.1. The van der Waals surface area contributed by atoms with Gasteiger partial charge in [0.2, 0.25) is 0 Å². The largest absolute Gasteiger partial charge is 0.464 e. The lowest BCUT2D eigenvalue weighted by Gasteiger charge is -2.21. The van der Waals surface area contributed by atoms with Gasteiger partial charge in [-0.3, -0.25) is 0 Å². The predicted molar refractivity (Wildman–Crippen MR) is 63.4 cm³/mol. The van der Waals surface area contributed by atoms with E-state index in [1.54, 1.807) is 6.92 Å². The summed E-state index contributed by atoms with van der Waals surface area (Å²) in [6, 6.07) is 9.15. The molecule has 0 bridgehead atoms. The third kappa shape index (κ3) is 3.84. The van der Waals surface area contributed by atoms with E-state index in [1.165, 1.54) is 0 Å². The molecule has 1 rings (SSSR count). The van der Waals surface area contributed by atoms with Gasteiger partial charge in [-0.05, 0) is 19.4 Å². The summed E-state index contributed by atoms with van der Waals surface area (Å²) in [7, 11) is 0. The normalized spacial score (nSPS) is 14.1. The summed E-state index contributed by atoms with van der Waals surface area (Å²) in [4.78, 5) is 11.5. The number of esters is 1. The molecule has 1 N–H and O–H groups in total. The fourth-order valence-corrected chi connectivity index (χ4v) is 1.54. The Kier molecular flexibility index (Phi) is 5.66. The Labute approximate surface area is 101 Å². The molecule has 0 amide bonds. The number of carbonyl (C=O) groups excluding carboxylic acids is 1. The number of rotatable bonds is 6. The van der Waals surface area contributed by atoms with E-state index in [0.717, 1.165) is 5.56 Å². The molecule has 1 aromatic carbocycles. The molecule has 0 aliphatic carbocycles. The summed E-state index contributed by atoms with van der Waals surface area (Å²) in [5.74, 6) is -0.658. The number of benzene rings is 1. The summed E-state index contributed by atoms with van der Waals surface area (Å²) in [5, 5.41) is 9.89. The fourth-order valence-electron chi connectivity index (χ4n) is 1.54. The van der Waals surface area contributed by atoms with Crippen molar-refractivity contribution < 1.29 is 19.4 Å². The summed E-state index contributed by atoms with van der Waals surface area (Å²) >= 11 is 0. The van der Waals surface area contributed by atoms with Crippen molar-refractivity contribution >= 4 is 5.97 Å². The van der Waals surface area contributed by atoms with Crippen molar-refractivity contribution in [3.63, 3.8) is 0 Å². The molecular formula is C13H18O4. The number of hydrogen-bond donors (Lipinski definition) is 1. The van der Waals surface area contributed by atoms with Gasteiger partial charge in [-0.2, -0.15) is 0 Å². The maximum atomic E-state index is 11.5. The van der Waals surface area contributed by atoms with Crippen molar-refractivity contribution in [1.82, 2.24) is 0 Å². The minimum atomic E-state index is -1.29. The molecule has 0 aromatic heterocycles. The van der Waals surface area contributed by atoms with Crippen LogP contribution in [0, 0.1) is 0 Å². The van der Waals surface area contributed by atoms with Crippen LogP contribution in [-0.2, 0) is 14.3 Å². The summed E-state index contributed by atoms with van der Waals surface area (Å²) in [5.41, 5.74) is 0.759. The first-order valence-electron chi connectivity index (χ1n) is 5.72. The van der Waals surface area contributed by atoms with E-state index in [2.05, 4.69) is 0 Å². The van der Waals surface area contributed by atoms with Gasteiger partial charge in [0, 0.05) is 6.61 Å². The molecule has 0 radical (unpaired) electrons. The van der Waals surface area contributed by atoms with Crippen LogP contribution in [0.1, 0.15) is 25.5 Å². The number of carbonyl (C=O) groups is 1. The van der Waals surface area contributed by atoms with Crippen molar-refractivity contribution in [2.24, 2.45) is 0 Å². The molecule has 2 atom stereocenters. The average Bonchev–Trinajstić information content (AvgIpc) is 2.36. The molecule has 4 nitrogen and oxygen atoms in total. The second-order valence-electron chi connectivity index (χ2n) is 3.48. The Balaban J connectivity index is 2.82. The van der Waals surface area contributed by atoms with Crippen LogP contribution in [0.15, 0.2) is 30.3 Å². The van der Waals surface area contributed by atoms with Gasteiger partial charge in [0.05, 0.1) is 6.61 Å². The molecule has 0 aliphatic rings. The molecule has 17 heavy (non-hydrogen) atoms. The Hall–Kier alpha value is -1.39. The Morgan fingerprint density at radius 3 is 2.41 bits per heavy atom. The highest BCUT2D eigenvalue weighted by Crippen LogP contribution is 2.22. The molecule has 1 aromatic rings. The van der Waals surface area contributed by atoms with Crippen LogP contribution in [0.5, 0.6) is 0 Å². The predicted octanol–water partition coefficient (Wildman–Crippen LogP) is 1.69. The number of ether oxygens (including phenoxy) is 2. The van der Waals surface area contributed by atoms with E-state index in [-0.39, 0.29) is 6.61 Å². The van der Waals surface area contributed by atoms with Gasteiger partial charge in [0.1, 0.15) is 6.10 Å². The Morgan fingerprint density at radius 2 is 1.88 bits per heavy atom. The quantitative estimate of drug-likeness (QED) is 0.766. The fraction of sp³-hybridized carbons (Fsp3) is 0.462. The van der Waals surface area contributed by atoms with Crippen LogP contribution in [-0.4, -0.2) is 30.4 Å². The number of aliphatic hydroxyl groups excluding tert-OH is 1. The van der Waals surface area contributed by atoms with Crippen molar-refractivity contribution in [2.75, 3.05) is 13.2 Å². The first-order valence-corrected chi connectivity index (χ1v) is 5.72. The van der Waals surface area contributed by atoms with Crippen LogP contribution in [0.2, 0.25) is 0 Å². The van der Waals surface area contributed by atoms with Crippen molar-refractivity contribution in [3.8, 4) is 0 Å². The van der Waals surface area contributed by atoms with E-state index in [1.807, 2.05) is 37.3 Å². The summed E-state index contributed by atoms with van der Waals surface area (Å²) in [6.45, 7) is 4.16. The second-order valence-corrected chi connectivity index (χ2v) is 3.48. The van der Waals surface area contributed by atoms with Crippen molar-refractivity contribution in [2.45, 2.75) is 26.1 Å². The van der Waals surface area contributed by atoms with Crippen LogP contribution in [0.25, 0.3) is 0 Å². The number of aliphatic hydroxyl groups is 1. The third-order valence-corrected chi connectivity index (χ3v) is 2.29. The third-order valence-electron chi connectivity index (χ3n) is 2.29. The van der Waals surface area contributed by atoms with Crippen LogP contribution in [0.4, 0.5) is 0 Å². The summed E-state index contributed by atoms with van der Waals surface area (Å²) < 4.78 is 10.2. The van der Waals surface area contributed by atoms with E-state index in [9.17, 15) is 9.90 Å². The Bertz CT molecular complexity index is 337. The smallest absolute Gasteiger partial charge is 0.338 e. The lowest BCUT2D eigenvalue weighted by atomic mass is 10.0. The highest BCUT2D eigenvalue weighted by atomic mass is 16.6. The monoisotopic (exact) mass is 238 g/mol. The maximum Gasteiger partial charge on any atom is 0.338 e. The zero-order chi connectivity index (χ0) is 12.7. The summed E-state index contributed by atoms with van der Waals surface area (Å²) in [6.07, 6.45) is -1.97. The van der Waals surface area contributed by atoms with Gasteiger partial charge in [-0.15, -0.1) is 0 Å². The van der Waals surface area contributed by atoms with Crippen LogP contribution >= 0.6 is 0 Å². The molecule has 0 saturated carbocycles. The molecule has 4 heteroatoms. The second kappa shape index (κ2) is 7.04. The van der Waals surface area contributed by atoms with Gasteiger partial charge in [0.25, 0.3) is 0 Å². The molecule has 1 unspecified atom stereocenters. The van der Waals surface area contributed by atoms with E-state index >= 15 is 0 Å². The van der Waals surface area contributed by atoms with Crippen molar-refractivity contribution in [1.29, 1.82) is 0 Å². The lowest BCUT2D eigenvalue weighted by Crippen LogP contribution is -2.31. The first-order chi connectivity index (χ1) is 8.20. The molecule has 0 saturated heterocycles. The highest BCUT2D eigenvalue weighted by Gasteiger charge is 2.29. The topological polar surface area (TPSA) is 55.8 Å². The van der Waals surface area contributed by atoms with Gasteiger partial charge < -0.3 is 14.6 Å². The molecule has 0 spiro atoms. The highest BCUT2D eigenvalue weighted by molar-refractivity contribution is 5.75. The minimum absolute atomic E-state index is 0.240. The van der Waals surface area contributed by atoms with E-state index < -0.39 is 18.2 Å². The van der Waals surface area contributed by atoms with Gasteiger partial charge in [0.15, 0.2) is 6.10 Å². The van der Waals surface area contributed by atoms with Crippen LogP contribution in [0.3, 0.4) is 0 Å². The zero-order valence-corrected chi connectivity index (χ0v) is 10.1. The molecule has 94 valence electrons. The standard InChI is InChI=1S/C13H18O4/c1-3-16-12(10-8-6-5-7-9-10)11(14)13(15)17-4-2/h5-9,11-12,14H,3-4H2,1-2H3/t11?,12-/m1/s1. The Morgan fingerprint density at radius 1 is 1.24 bits per heavy atom. The maximum absolute atomic E-state index is 11.5. The number of hydrogen-bond acceptors (Lipinski definition) is 4. The van der Waals surface area contributed by atoms with Gasteiger partial charge >= 0.3 is 5.97 Å². The average molecular weight is 238 g/mol. The molecule has 0 aliphatic heterocycles. The van der Waals surface area contributed by atoms with Crippen LogP contribution < -0.4 is 0 Å². The van der Waals surface area contributed by atoms with Crippen molar-refractivity contribution in [3.05, 3.63) is 35.9 Å². The van der Waals surface area contributed by atoms with Gasteiger partial charge in [-0.1, -0.05) is 30.3 Å².